The monoisotopic (exact) mass is 311 g/mol. The molecule has 116 valence electrons. The van der Waals surface area contributed by atoms with Crippen molar-refractivity contribution in [3.05, 3.63) is 24.3 Å². The van der Waals surface area contributed by atoms with Crippen LogP contribution in [0.3, 0.4) is 0 Å². The summed E-state index contributed by atoms with van der Waals surface area (Å²) >= 11 is 0. The maximum atomic E-state index is 11.9. The van der Waals surface area contributed by atoms with E-state index in [1.165, 1.54) is 12.8 Å². The highest BCUT2D eigenvalue weighted by atomic mass is 32.2. The zero-order valence-electron chi connectivity index (χ0n) is 12.1. The topological polar surface area (TPSA) is 87.3 Å². The Hall–Kier alpha value is -1.60. The van der Waals surface area contributed by atoms with E-state index in [9.17, 15) is 13.2 Å². The summed E-state index contributed by atoms with van der Waals surface area (Å²) < 4.78 is 25.0. The van der Waals surface area contributed by atoms with Gasteiger partial charge in [-0.15, -0.1) is 0 Å². The Bertz CT molecular complexity index is 595. The number of nitrogens with one attached hydrogen (secondary N) is 3. The zero-order chi connectivity index (χ0) is 15.3. The van der Waals surface area contributed by atoms with Crippen molar-refractivity contribution in [3.8, 4) is 0 Å². The van der Waals surface area contributed by atoms with Gasteiger partial charge in [-0.3, -0.25) is 9.52 Å². The summed E-state index contributed by atoms with van der Waals surface area (Å²) in [7, 11) is -3.38. The molecule has 0 heterocycles. The Labute approximate surface area is 125 Å². The smallest absolute Gasteiger partial charge is 0.238 e. The van der Waals surface area contributed by atoms with Crippen LogP contribution < -0.4 is 15.4 Å². The Kier molecular flexibility index (Phi) is 5.19. The molecule has 1 aromatic carbocycles. The second kappa shape index (κ2) is 6.91. The van der Waals surface area contributed by atoms with E-state index in [1.54, 1.807) is 24.3 Å². The van der Waals surface area contributed by atoms with Gasteiger partial charge in [0.25, 0.3) is 0 Å². The van der Waals surface area contributed by atoms with Gasteiger partial charge in [-0.05, 0) is 25.0 Å². The van der Waals surface area contributed by atoms with Gasteiger partial charge in [0.15, 0.2) is 0 Å². The summed E-state index contributed by atoms with van der Waals surface area (Å²) in [6, 6.07) is 7.15. The number of benzene rings is 1. The van der Waals surface area contributed by atoms with Crippen LogP contribution in [0, 0.1) is 0 Å². The first-order valence-electron chi connectivity index (χ1n) is 7.04. The molecule has 0 unspecified atom stereocenters. The molecule has 0 bridgehead atoms. The minimum Gasteiger partial charge on any atom is -0.323 e. The first-order valence-corrected chi connectivity index (χ1v) is 8.93. The average Bonchev–Trinajstić information content (AvgIpc) is 2.90. The molecule has 6 nitrogen and oxygen atoms in total. The van der Waals surface area contributed by atoms with Crippen LogP contribution in [0.25, 0.3) is 0 Å². The molecule has 1 aliphatic rings. The number of carbonyl (C=O) groups excluding carboxylic acids is 1. The lowest BCUT2D eigenvalue weighted by molar-refractivity contribution is -0.115. The Morgan fingerprint density at radius 1 is 1.19 bits per heavy atom. The summed E-state index contributed by atoms with van der Waals surface area (Å²) in [6.45, 7) is 0.234. The van der Waals surface area contributed by atoms with Gasteiger partial charge in [0.05, 0.1) is 24.2 Å². The molecule has 1 fully saturated rings. The molecule has 2 rings (SSSR count). The molecule has 0 atom stereocenters. The number of hydrogen-bond acceptors (Lipinski definition) is 4. The fourth-order valence-electron chi connectivity index (χ4n) is 2.44. The molecule has 1 aliphatic carbocycles. The van der Waals surface area contributed by atoms with E-state index in [2.05, 4.69) is 15.4 Å². The molecule has 0 aliphatic heterocycles. The van der Waals surface area contributed by atoms with Crippen LogP contribution >= 0.6 is 0 Å². The van der Waals surface area contributed by atoms with Crippen molar-refractivity contribution in [2.75, 3.05) is 22.8 Å². The van der Waals surface area contributed by atoms with Gasteiger partial charge >= 0.3 is 0 Å². The van der Waals surface area contributed by atoms with Crippen molar-refractivity contribution in [2.45, 2.75) is 31.7 Å². The highest BCUT2D eigenvalue weighted by molar-refractivity contribution is 7.92. The lowest BCUT2D eigenvalue weighted by Crippen LogP contribution is -2.34. The Morgan fingerprint density at radius 3 is 2.43 bits per heavy atom. The van der Waals surface area contributed by atoms with E-state index >= 15 is 0 Å². The van der Waals surface area contributed by atoms with Gasteiger partial charge in [0.1, 0.15) is 0 Å². The summed E-state index contributed by atoms with van der Waals surface area (Å²) in [5, 5.41) is 5.95. The van der Waals surface area contributed by atoms with Crippen LogP contribution in [0.5, 0.6) is 0 Å². The van der Waals surface area contributed by atoms with Crippen LogP contribution in [0.1, 0.15) is 25.7 Å². The summed E-state index contributed by atoms with van der Waals surface area (Å²) in [4.78, 5) is 11.9. The van der Waals surface area contributed by atoms with E-state index in [1.807, 2.05) is 0 Å². The van der Waals surface area contributed by atoms with Crippen molar-refractivity contribution >= 4 is 27.3 Å². The third-order valence-corrected chi connectivity index (χ3v) is 3.99. The molecule has 0 spiro atoms. The van der Waals surface area contributed by atoms with Gasteiger partial charge in [-0.2, -0.15) is 0 Å². The molecule has 0 aromatic heterocycles. The first kappa shape index (κ1) is 15.8. The van der Waals surface area contributed by atoms with Crippen LogP contribution in [0.2, 0.25) is 0 Å². The molecule has 21 heavy (non-hydrogen) atoms. The fraction of sp³-hybridized carbons (Fsp3) is 0.500. The maximum absolute atomic E-state index is 11.9. The predicted octanol–water partition coefficient (Wildman–Crippen LogP) is 1.53. The summed E-state index contributed by atoms with van der Waals surface area (Å²) in [5.41, 5.74) is 0.829. The summed E-state index contributed by atoms with van der Waals surface area (Å²) in [5.74, 6) is -0.176. The molecule has 0 saturated heterocycles. The van der Waals surface area contributed by atoms with Crippen molar-refractivity contribution < 1.29 is 13.2 Å². The third-order valence-electron chi connectivity index (χ3n) is 3.40. The molecule has 3 N–H and O–H groups in total. The predicted molar refractivity (Wildman–Crippen MR) is 83.8 cm³/mol. The molecule has 1 amide bonds. The zero-order valence-corrected chi connectivity index (χ0v) is 12.9. The minimum absolute atomic E-state index is 0.176. The Morgan fingerprint density at radius 2 is 1.81 bits per heavy atom. The molecule has 7 heteroatoms. The van der Waals surface area contributed by atoms with Gasteiger partial charge in [0.2, 0.25) is 15.9 Å². The van der Waals surface area contributed by atoms with E-state index < -0.39 is 10.0 Å². The van der Waals surface area contributed by atoms with Crippen LogP contribution in [0.4, 0.5) is 11.4 Å². The number of hydrogen-bond donors (Lipinski definition) is 3. The van der Waals surface area contributed by atoms with Gasteiger partial charge in [0, 0.05) is 6.04 Å². The fourth-order valence-corrected chi connectivity index (χ4v) is 3.02. The van der Waals surface area contributed by atoms with Crippen LogP contribution in [0.15, 0.2) is 24.3 Å². The van der Waals surface area contributed by atoms with Gasteiger partial charge < -0.3 is 10.6 Å². The van der Waals surface area contributed by atoms with Crippen LogP contribution in [-0.4, -0.2) is 33.2 Å². The van der Waals surface area contributed by atoms with Crippen molar-refractivity contribution in [1.82, 2.24) is 5.32 Å². The summed E-state index contributed by atoms with van der Waals surface area (Å²) in [6.07, 6.45) is 5.72. The van der Waals surface area contributed by atoms with E-state index in [-0.39, 0.29) is 12.5 Å². The van der Waals surface area contributed by atoms with Gasteiger partial charge in [-0.25, -0.2) is 8.42 Å². The van der Waals surface area contributed by atoms with Gasteiger partial charge in [-0.1, -0.05) is 25.0 Å². The number of sulfonamides is 1. The third kappa shape index (κ3) is 5.35. The molecular formula is C14H21N3O3S. The van der Waals surface area contributed by atoms with Crippen molar-refractivity contribution in [2.24, 2.45) is 0 Å². The average molecular weight is 311 g/mol. The van der Waals surface area contributed by atoms with Crippen molar-refractivity contribution in [3.63, 3.8) is 0 Å². The van der Waals surface area contributed by atoms with E-state index in [0.29, 0.717) is 17.4 Å². The maximum Gasteiger partial charge on any atom is 0.238 e. The number of carbonyl (C=O) groups is 1. The normalized spacial score (nSPS) is 15.9. The lowest BCUT2D eigenvalue weighted by atomic mass is 10.2. The second-order valence-electron chi connectivity index (χ2n) is 5.33. The number of amides is 1. The molecular weight excluding hydrogens is 290 g/mol. The van der Waals surface area contributed by atoms with Crippen molar-refractivity contribution in [1.29, 1.82) is 0 Å². The quantitative estimate of drug-likeness (QED) is 0.743. The van der Waals surface area contributed by atoms with E-state index in [4.69, 9.17) is 0 Å². The number of anilines is 2. The highest BCUT2D eigenvalue weighted by Gasteiger charge is 2.16. The number of para-hydroxylation sites is 2. The first-order chi connectivity index (χ1) is 9.94. The molecule has 1 aromatic rings. The molecule has 0 radical (unpaired) electrons. The lowest BCUT2D eigenvalue weighted by Gasteiger charge is -2.14. The molecule has 1 saturated carbocycles. The minimum atomic E-state index is -3.38. The largest absolute Gasteiger partial charge is 0.323 e. The number of rotatable bonds is 6. The van der Waals surface area contributed by atoms with Crippen LogP contribution in [-0.2, 0) is 14.8 Å². The second-order valence-corrected chi connectivity index (χ2v) is 7.08. The standard InChI is InChI=1S/C14H21N3O3S/c1-21(19,20)17-13-9-5-4-8-12(13)16-14(18)10-15-11-6-2-3-7-11/h4-5,8-9,11,15,17H,2-3,6-7,10H2,1H3,(H,16,18). The SMILES string of the molecule is CS(=O)(=O)Nc1ccccc1NC(=O)CNC1CCCC1. The highest BCUT2D eigenvalue weighted by Crippen LogP contribution is 2.22. The Balaban J connectivity index is 1.93. The van der Waals surface area contributed by atoms with E-state index in [0.717, 1.165) is 19.1 Å².